The smallest absolute Gasteiger partial charge is 0.280 e. The summed E-state index contributed by atoms with van der Waals surface area (Å²) in [6, 6.07) is 27.5. The molecule has 0 unspecified atom stereocenters. The molecule has 4 heterocycles. The fourth-order valence-corrected chi connectivity index (χ4v) is 14.7. The average molecular weight is 810 g/mol. The number of likely N-dealkylation sites (N-methyl/N-ethyl adjacent to an activating group) is 1. The van der Waals surface area contributed by atoms with Gasteiger partial charge in [0.25, 0.3) is 20.1 Å². The monoisotopic (exact) mass is 808 g/mol. The van der Waals surface area contributed by atoms with Gasteiger partial charge < -0.3 is 29.8 Å². The first-order chi connectivity index (χ1) is 26.9. The number of thiazole rings is 1. The molecule has 1 saturated carbocycles. The van der Waals surface area contributed by atoms with Crippen molar-refractivity contribution in [2.45, 2.75) is 76.2 Å². The Bertz CT molecular complexity index is 2200. The molecule has 2 fully saturated rings. The summed E-state index contributed by atoms with van der Waals surface area (Å²) in [5.74, 6) is -0.787. The Morgan fingerprint density at radius 1 is 0.911 bits per heavy atom. The minimum atomic E-state index is -2.76. The van der Waals surface area contributed by atoms with E-state index in [4.69, 9.17) is 21.0 Å². The van der Waals surface area contributed by atoms with Crippen LogP contribution in [0.15, 0.2) is 84.9 Å². The lowest BCUT2D eigenvalue weighted by atomic mass is 9.80. The van der Waals surface area contributed by atoms with Crippen LogP contribution in [0, 0.1) is 5.92 Å². The number of hydrogen-bond acceptors (Lipinski definition) is 7. The van der Waals surface area contributed by atoms with Crippen molar-refractivity contribution in [1.82, 2.24) is 30.4 Å². The Morgan fingerprint density at radius 3 is 2.27 bits per heavy atom. The highest BCUT2D eigenvalue weighted by atomic mass is 35.5. The van der Waals surface area contributed by atoms with Crippen LogP contribution in [0.3, 0.4) is 0 Å². The van der Waals surface area contributed by atoms with E-state index in [1.165, 1.54) is 21.7 Å². The summed E-state index contributed by atoms with van der Waals surface area (Å²) in [5, 5.41) is 10.5. The minimum Gasteiger partial charge on any atom is -0.401 e. The molecule has 56 heavy (non-hydrogen) atoms. The van der Waals surface area contributed by atoms with E-state index in [9.17, 15) is 14.4 Å². The van der Waals surface area contributed by atoms with Crippen LogP contribution in [0.5, 0.6) is 0 Å². The van der Waals surface area contributed by atoms with E-state index < -0.39 is 14.4 Å². The van der Waals surface area contributed by atoms with Gasteiger partial charge in [-0.1, -0.05) is 93.0 Å². The van der Waals surface area contributed by atoms with Crippen LogP contribution >= 0.6 is 22.9 Å². The van der Waals surface area contributed by atoms with Gasteiger partial charge in [-0.25, -0.2) is 4.98 Å². The Hall–Kier alpha value is -4.33. The number of nitrogens with one attached hydrogen (secondary N) is 3. The maximum atomic E-state index is 14.2. The number of carbonyl (C=O) groups excluding carboxylic acids is 3. The van der Waals surface area contributed by atoms with Crippen molar-refractivity contribution >= 4 is 70.3 Å². The topological polar surface area (TPSA) is 120 Å². The van der Waals surface area contributed by atoms with Crippen molar-refractivity contribution in [3.63, 3.8) is 0 Å². The number of carbonyl (C=O) groups is 3. The summed E-state index contributed by atoms with van der Waals surface area (Å²) in [4.78, 5) is 54.8. The van der Waals surface area contributed by atoms with Gasteiger partial charge in [0.05, 0.1) is 17.8 Å². The zero-order valence-electron chi connectivity index (χ0n) is 32.3. The number of halogens is 1. The number of hydrogen-bond donors (Lipinski definition) is 3. The Kier molecular flexibility index (Phi) is 10.7. The van der Waals surface area contributed by atoms with E-state index in [1.54, 1.807) is 12.1 Å². The molecule has 0 radical (unpaired) electrons. The standard InChI is InChI=1S/C43H49ClN6O4SSi/c1-43(2,3)56(31-11-7-5-8-12-31,32-13-9-6-10-14-32)54-30-24-50(25-30)42(53)27-15-17-34(46-39(51)37-23-28-21-29(44)16-18-33(28)45-37)36(22-27)47-40(52)41-48-35-19-20-49(4)26-38(35)55-41/h5-14,16,18,21,23,27,30,34,36,45H,15,17,19-20,22,24-26H2,1-4H3,(H,46,51)(H,47,52)/t27-,34-,36+/m0/s1. The highest BCUT2D eigenvalue weighted by Crippen LogP contribution is 2.39. The van der Waals surface area contributed by atoms with Crippen LogP contribution < -0.4 is 21.0 Å². The van der Waals surface area contributed by atoms with Crippen LogP contribution in [0.4, 0.5) is 0 Å². The molecule has 3 aliphatic rings. The van der Waals surface area contributed by atoms with E-state index in [0.29, 0.717) is 48.1 Å². The summed E-state index contributed by atoms with van der Waals surface area (Å²) >= 11 is 7.63. The van der Waals surface area contributed by atoms with Gasteiger partial charge in [0.2, 0.25) is 5.91 Å². The zero-order chi connectivity index (χ0) is 39.2. The molecular formula is C43H49ClN6O4SSi. The number of benzene rings is 3. The van der Waals surface area contributed by atoms with Crippen LogP contribution in [-0.2, 0) is 22.2 Å². The molecule has 3 atom stereocenters. The van der Waals surface area contributed by atoms with Crippen molar-refractivity contribution in [1.29, 1.82) is 0 Å². The average Bonchev–Trinajstić information content (AvgIpc) is 3.79. The molecule has 0 spiro atoms. The number of nitrogens with zero attached hydrogens (tertiary/aromatic N) is 3. The third kappa shape index (κ3) is 7.57. The highest BCUT2D eigenvalue weighted by Gasteiger charge is 2.53. The molecule has 0 bridgehead atoms. The van der Waals surface area contributed by atoms with Crippen molar-refractivity contribution in [3.05, 3.63) is 111 Å². The van der Waals surface area contributed by atoms with E-state index in [-0.39, 0.29) is 40.8 Å². The summed E-state index contributed by atoms with van der Waals surface area (Å²) in [5.41, 5.74) is 2.20. The molecule has 1 aliphatic carbocycles. The van der Waals surface area contributed by atoms with Gasteiger partial charge in [-0.3, -0.25) is 14.4 Å². The molecule has 3 aromatic carbocycles. The number of amides is 3. The largest absolute Gasteiger partial charge is 0.401 e. The molecular weight excluding hydrogens is 760 g/mol. The minimum absolute atomic E-state index is 0.0663. The van der Waals surface area contributed by atoms with Crippen LogP contribution in [0.25, 0.3) is 10.9 Å². The van der Waals surface area contributed by atoms with E-state index in [2.05, 4.69) is 96.9 Å². The van der Waals surface area contributed by atoms with Gasteiger partial charge in [-0.05, 0) is 66.0 Å². The lowest BCUT2D eigenvalue weighted by Crippen LogP contribution is -2.71. The molecule has 5 aromatic rings. The fourth-order valence-electron chi connectivity index (χ4n) is 8.74. The van der Waals surface area contributed by atoms with Crippen molar-refractivity contribution < 1.29 is 18.8 Å². The quantitative estimate of drug-likeness (QED) is 0.163. The van der Waals surface area contributed by atoms with Gasteiger partial charge in [0, 0.05) is 65.4 Å². The maximum Gasteiger partial charge on any atom is 0.280 e. The Labute approximate surface area is 338 Å². The van der Waals surface area contributed by atoms with Gasteiger partial charge in [0.15, 0.2) is 5.01 Å². The number of likely N-dealkylation sites (tertiary alicyclic amines) is 1. The molecule has 2 aliphatic heterocycles. The van der Waals surface area contributed by atoms with Gasteiger partial charge in [0.1, 0.15) is 5.69 Å². The van der Waals surface area contributed by atoms with Crippen LogP contribution in [0.2, 0.25) is 10.1 Å². The number of aromatic amines is 1. The first kappa shape index (κ1) is 38.5. The second kappa shape index (κ2) is 15.5. The lowest BCUT2D eigenvalue weighted by molar-refractivity contribution is -0.146. The van der Waals surface area contributed by atoms with E-state index >= 15 is 0 Å². The van der Waals surface area contributed by atoms with Gasteiger partial charge >= 0.3 is 0 Å². The molecule has 8 rings (SSSR count). The third-order valence-corrected chi connectivity index (χ3v) is 18.1. The molecule has 10 nitrogen and oxygen atoms in total. The van der Waals surface area contributed by atoms with Crippen molar-refractivity contribution in [2.24, 2.45) is 5.92 Å². The summed E-state index contributed by atoms with van der Waals surface area (Å²) in [7, 11) is -0.697. The van der Waals surface area contributed by atoms with Crippen LogP contribution in [0.1, 0.15) is 70.9 Å². The number of aromatic nitrogens is 2. The first-order valence-electron chi connectivity index (χ1n) is 19.5. The second-order valence-corrected chi connectivity index (χ2v) is 22.4. The lowest BCUT2D eigenvalue weighted by Gasteiger charge is -2.50. The molecule has 1 saturated heterocycles. The number of fused-ring (bicyclic) bond motifs is 2. The molecule has 3 N–H and O–H groups in total. The number of H-pyrrole nitrogens is 1. The number of rotatable bonds is 9. The first-order valence-corrected chi connectivity index (χ1v) is 22.6. The fraction of sp³-hybridized carbons (Fsp3) is 0.395. The molecule has 3 amide bonds. The maximum absolute atomic E-state index is 14.2. The summed E-state index contributed by atoms with van der Waals surface area (Å²) in [6.45, 7) is 9.49. The van der Waals surface area contributed by atoms with E-state index in [1.807, 2.05) is 29.2 Å². The molecule has 13 heteroatoms. The Balaban J connectivity index is 0.985. The van der Waals surface area contributed by atoms with Crippen molar-refractivity contribution in [2.75, 3.05) is 26.7 Å². The SMILES string of the molecule is CN1CCc2nc(C(=O)N[C@@H]3C[C@@H](C(=O)N4CC(O[Si](c5ccccc5)(c5ccccc5)C(C)(C)C)C4)CC[C@@H]3NC(=O)c3cc4cc(Cl)ccc4[nH]3)sc2C1. The highest BCUT2D eigenvalue weighted by molar-refractivity contribution is 7.13. The third-order valence-electron chi connectivity index (χ3n) is 11.7. The molecule has 292 valence electrons. The summed E-state index contributed by atoms with van der Waals surface area (Å²) < 4.78 is 7.29. The zero-order valence-corrected chi connectivity index (χ0v) is 34.9. The van der Waals surface area contributed by atoms with Gasteiger partial charge in [-0.2, -0.15) is 0 Å². The second-order valence-electron chi connectivity index (χ2n) is 16.6. The predicted octanol–water partition coefficient (Wildman–Crippen LogP) is 5.75. The van der Waals surface area contributed by atoms with E-state index in [0.717, 1.165) is 41.0 Å². The summed E-state index contributed by atoms with van der Waals surface area (Å²) in [6.07, 6.45) is 2.24. The predicted molar refractivity (Wildman–Crippen MR) is 224 cm³/mol. The Morgan fingerprint density at radius 2 is 1.59 bits per heavy atom. The van der Waals surface area contributed by atoms with Crippen molar-refractivity contribution in [3.8, 4) is 0 Å². The molecule has 2 aromatic heterocycles. The normalized spacial score (nSPS) is 20.7. The van der Waals surface area contributed by atoms with Gasteiger partial charge in [-0.15, -0.1) is 11.3 Å². The van der Waals surface area contributed by atoms with Crippen LogP contribution in [-0.4, -0.2) is 90.7 Å².